The second-order valence-corrected chi connectivity index (χ2v) is 2.21. The molecule has 0 saturated carbocycles. The van der Waals surface area contributed by atoms with E-state index in [0.29, 0.717) is 19.4 Å². The van der Waals surface area contributed by atoms with E-state index in [1.807, 2.05) is 6.07 Å². The first-order valence-electron chi connectivity index (χ1n) is 2.49. The molecule has 0 aromatic rings. The van der Waals surface area contributed by atoms with E-state index in [1.165, 1.54) is 0 Å². The molecule has 0 N–H and O–H groups in total. The van der Waals surface area contributed by atoms with Crippen LogP contribution in [0.15, 0.2) is 0 Å². The number of hydrogen-bond acceptors (Lipinski definition) is 3. The summed E-state index contributed by atoms with van der Waals surface area (Å²) in [5, 5.41) is 8.02. The molecule has 0 heterocycles. The summed E-state index contributed by atoms with van der Waals surface area (Å²) in [6.45, 7) is 0.305. The van der Waals surface area contributed by atoms with Gasteiger partial charge in [-0.25, -0.2) is 0 Å². The van der Waals surface area contributed by atoms with Crippen molar-refractivity contribution in [1.82, 2.24) is 0 Å². The van der Waals surface area contributed by atoms with Crippen LogP contribution in [-0.4, -0.2) is 14.2 Å². The predicted octanol–water partition coefficient (Wildman–Crippen LogP) is 0.0625. The summed E-state index contributed by atoms with van der Waals surface area (Å²) in [7, 11) is 2.80. The van der Waals surface area contributed by atoms with E-state index in [9.17, 15) is 4.89 Å². The lowest BCUT2D eigenvalue weighted by Gasteiger charge is -2.17. The molecule has 0 spiro atoms. The maximum absolute atomic E-state index is 10.0. The maximum atomic E-state index is 10.0. The van der Waals surface area contributed by atoms with Crippen LogP contribution in [0, 0.1) is 11.3 Å². The standard InChI is InChI=1S/C4H6BNO2P/c5-9(7)8-4-2-1-3-6/h1-2,4H2/q-1. The fourth-order valence-corrected chi connectivity index (χ4v) is 0.615. The Morgan fingerprint density at radius 3 is 2.89 bits per heavy atom. The summed E-state index contributed by atoms with van der Waals surface area (Å²) in [4.78, 5) is 10.0. The van der Waals surface area contributed by atoms with E-state index in [-0.39, 0.29) is 0 Å². The monoisotopic (exact) mass is 142 g/mol. The summed E-state index contributed by atoms with van der Waals surface area (Å²) in [6, 6.07) is 1.93. The van der Waals surface area contributed by atoms with Gasteiger partial charge in [-0.05, 0) is 6.42 Å². The highest BCUT2D eigenvalue weighted by atomic mass is 31.2. The molecule has 0 aromatic heterocycles. The third-order valence-corrected chi connectivity index (χ3v) is 1.09. The van der Waals surface area contributed by atoms with E-state index in [1.54, 1.807) is 0 Å². The molecule has 0 aliphatic carbocycles. The fraction of sp³-hybridized carbons (Fsp3) is 0.750. The van der Waals surface area contributed by atoms with Crippen molar-refractivity contribution in [2.24, 2.45) is 0 Å². The quantitative estimate of drug-likeness (QED) is 0.316. The zero-order valence-corrected chi connectivity index (χ0v) is 5.80. The Bertz CT molecular complexity index is 103. The van der Waals surface area contributed by atoms with E-state index >= 15 is 0 Å². The molecule has 0 aliphatic rings. The van der Waals surface area contributed by atoms with Crippen LogP contribution in [0.25, 0.3) is 0 Å². The summed E-state index contributed by atoms with van der Waals surface area (Å²) in [5.74, 6) is 0. The number of rotatable bonds is 4. The van der Waals surface area contributed by atoms with Crippen LogP contribution in [0.4, 0.5) is 0 Å². The molecule has 3 nitrogen and oxygen atoms in total. The smallest absolute Gasteiger partial charge is 0.126 e. The third kappa shape index (κ3) is 7.90. The average Bonchev–Trinajstić information content (AvgIpc) is 1.80. The van der Waals surface area contributed by atoms with Crippen molar-refractivity contribution in [3.05, 3.63) is 0 Å². The van der Waals surface area contributed by atoms with Gasteiger partial charge in [-0.1, -0.05) is 0 Å². The van der Waals surface area contributed by atoms with Crippen LogP contribution in [0.3, 0.4) is 0 Å². The molecule has 1 atom stereocenters. The minimum atomic E-state index is -1.98. The van der Waals surface area contributed by atoms with Crippen molar-refractivity contribution in [2.75, 3.05) is 6.61 Å². The first-order chi connectivity index (χ1) is 4.27. The normalized spacial score (nSPS) is 12.4. The second-order valence-electron chi connectivity index (χ2n) is 1.38. The Kier molecular flexibility index (Phi) is 5.97. The molecule has 2 radical (unpaired) electrons. The predicted molar refractivity (Wildman–Crippen MR) is 33.5 cm³/mol. The molecule has 0 fully saturated rings. The number of unbranched alkanes of at least 4 members (excludes halogenated alkanes) is 1. The third-order valence-electron chi connectivity index (χ3n) is 0.651. The van der Waals surface area contributed by atoms with Crippen LogP contribution in [0.5, 0.6) is 0 Å². The molecule has 0 aliphatic heterocycles. The van der Waals surface area contributed by atoms with Crippen molar-refractivity contribution in [3.8, 4) is 6.07 Å². The Morgan fingerprint density at radius 2 is 2.44 bits per heavy atom. The highest BCUT2D eigenvalue weighted by Gasteiger charge is 1.85. The van der Waals surface area contributed by atoms with Crippen molar-refractivity contribution in [3.63, 3.8) is 0 Å². The number of hydrogen-bond donors (Lipinski definition) is 0. The Balaban J connectivity index is 2.85. The van der Waals surface area contributed by atoms with Crippen molar-refractivity contribution in [2.45, 2.75) is 12.8 Å². The van der Waals surface area contributed by atoms with Crippen molar-refractivity contribution in [1.29, 1.82) is 5.26 Å². The fourth-order valence-electron chi connectivity index (χ4n) is 0.306. The topological polar surface area (TPSA) is 56.1 Å². The largest absolute Gasteiger partial charge is 0.816 e. The summed E-state index contributed by atoms with van der Waals surface area (Å²) in [5.41, 5.74) is 0. The van der Waals surface area contributed by atoms with Gasteiger partial charge in [-0.2, -0.15) is 5.26 Å². The maximum Gasteiger partial charge on any atom is 0.126 e. The lowest BCUT2D eigenvalue weighted by molar-refractivity contribution is -0.173. The second kappa shape index (κ2) is 6.03. The van der Waals surface area contributed by atoms with Gasteiger partial charge in [-0.3, -0.25) is 0 Å². The summed E-state index contributed by atoms with van der Waals surface area (Å²) < 4.78 is 4.48. The lowest BCUT2D eigenvalue weighted by atomic mass is 10.4. The SMILES string of the molecule is [B]P([O-])OCCCC#N. The molecule has 0 aromatic carbocycles. The van der Waals surface area contributed by atoms with Gasteiger partial charge in [0.2, 0.25) is 0 Å². The molecule has 48 valence electrons. The van der Waals surface area contributed by atoms with Gasteiger partial charge in [0, 0.05) is 13.0 Å². The molecule has 0 rings (SSSR count). The molecule has 0 bridgehead atoms. The van der Waals surface area contributed by atoms with Crippen molar-refractivity contribution >= 4 is 15.8 Å². The van der Waals surface area contributed by atoms with E-state index in [2.05, 4.69) is 4.52 Å². The summed E-state index contributed by atoms with van der Waals surface area (Å²) >= 11 is 0. The first kappa shape index (κ1) is 8.90. The molecule has 5 heteroatoms. The van der Waals surface area contributed by atoms with Crippen LogP contribution in [0.2, 0.25) is 0 Å². The zero-order chi connectivity index (χ0) is 7.11. The van der Waals surface area contributed by atoms with Crippen LogP contribution in [-0.2, 0) is 4.52 Å². The average molecular weight is 142 g/mol. The van der Waals surface area contributed by atoms with Crippen molar-refractivity contribution < 1.29 is 9.42 Å². The molecule has 0 amide bonds. The highest BCUT2D eigenvalue weighted by molar-refractivity contribution is 7.72. The Labute approximate surface area is 56.9 Å². The minimum absolute atomic E-state index is 0.305. The Morgan fingerprint density at radius 1 is 1.78 bits per heavy atom. The number of nitriles is 1. The highest BCUT2D eigenvalue weighted by Crippen LogP contribution is 2.17. The molecular formula is C4H6BNO2P-. The summed E-state index contributed by atoms with van der Waals surface area (Å²) in [6.07, 6.45) is 1.01. The van der Waals surface area contributed by atoms with Gasteiger partial charge < -0.3 is 9.42 Å². The molecule has 9 heavy (non-hydrogen) atoms. The van der Waals surface area contributed by atoms with E-state index in [0.717, 1.165) is 0 Å². The number of nitrogens with zero attached hydrogens (tertiary/aromatic N) is 1. The zero-order valence-electron chi connectivity index (χ0n) is 4.91. The molecular weight excluding hydrogens is 136 g/mol. The Hall–Kier alpha value is -0.0951. The first-order valence-corrected chi connectivity index (χ1v) is 3.74. The van der Waals surface area contributed by atoms with Gasteiger partial charge in [0.05, 0.1) is 6.07 Å². The van der Waals surface area contributed by atoms with Gasteiger partial charge in [0.1, 0.15) is 7.57 Å². The van der Waals surface area contributed by atoms with Crippen LogP contribution in [0.1, 0.15) is 12.8 Å². The lowest BCUT2D eigenvalue weighted by Crippen LogP contribution is -1.99. The van der Waals surface area contributed by atoms with E-state index in [4.69, 9.17) is 12.8 Å². The van der Waals surface area contributed by atoms with E-state index < -0.39 is 8.25 Å². The van der Waals surface area contributed by atoms with Gasteiger partial charge in [0.15, 0.2) is 0 Å². The molecule has 0 saturated heterocycles. The van der Waals surface area contributed by atoms with Gasteiger partial charge in [-0.15, -0.1) is 8.25 Å². The van der Waals surface area contributed by atoms with Gasteiger partial charge >= 0.3 is 0 Å². The molecule has 1 unspecified atom stereocenters. The van der Waals surface area contributed by atoms with Crippen LogP contribution >= 0.6 is 8.25 Å². The van der Waals surface area contributed by atoms with Crippen LogP contribution < -0.4 is 4.89 Å². The van der Waals surface area contributed by atoms with Gasteiger partial charge in [0.25, 0.3) is 0 Å². The minimum Gasteiger partial charge on any atom is -0.816 e.